The van der Waals surface area contributed by atoms with Gasteiger partial charge >= 0.3 is 0 Å². The first kappa shape index (κ1) is 19.5. The lowest BCUT2D eigenvalue weighted by Gasteiger charge is -2.28. The predicted octanol–water partition coefficient (Wildman–Crippen LogP) is 1.57. The number of aryl methyl sites for hydroxylation is 1. The second kappa shape index (κ2) is 8.03. The number of rotatable bonds is 3. The van der Waals surface area contributed by atoms with Gasteiger partial charge in [-0.2, -0.15) is 5.26 Å². The number of hydrogen-bond acceptors (Lipinski definition) is 4. The molecule has 2 saturated heterocycles. The van der Waals surface area contributed by atoms with Crippen molar-refractivity contribution in [3.8, 4) is 6.07 Å². The maximum absolute atomic E-state index is 12.8. The molecule has 3 heterocycles. The Bertz CT molecular complexity index is 739. The largest absolute Gasteiger partial charge is 0.335 e. The molecule has 1 aromatic rings. The van der Waals surface area contributed by atoms with Gasteiger partial charge in [0.25, 0.3) is 5.56 Å². The van der Waals surface area contributed by atoms with E-state index in [0.717, 1.165) is 43.6 Å². The van der Waals surface area contributed by atoms with E-state index in [4.69, 9.17) is 5.26 Å². The van der Waals surface area contributed by atoms with Gasteiger partial charge in [0, 0.05) is 30.7 Å². The van der Waals surface area contributed by atoms with Gasteiger partial charge in [-0.15, -0.1) is 12.4 Å². The molecule has 2 aliphatic rings. The molecule has 2 atom stereocenters. The van der Waals surface area contributed by atoms with Gasteiger partial charge in [0.05, 0.1) is 0 Å². The summed E-state index contributed by atoms with van der Waals surface area (Å²) < 4.78 is 0. The van der Waals surface area contributed by atoms with E-state index in [1.165, 1.54) is 0 Å². The van der Waals surface area contributed by atoms with Crippen LogP contribution in [-0.2, 0) is 11.2 Å². The molecule has 0 aliphatic carbocycles. The lowest BCUT2D eigenvalue weighted by atomic mass is 9.98. The van der Waals surface area contributed by atoms with Crippen LogP contribution in [0.1, 0.15) is 48.1 Å². The van der Waals surface area contributed by atoms with E-state index in [2.05, 4.69) is 15.2 Å². The van der Waals surface area contributed by atoms with E-state index < -0.39 is 0 Å². The summed E-state index contributed by atoms with van der Waals surface area (Å²) in [5, 5.41) is 12.6. The number of amides is 1. The lowest BCUT2D eigenvalue weighted by molar-refractivity contribution is -0.133. The lowest BCUT2D eigenvalue weighted by Crippen LogP contribution is -2.42. The summed E-state index contributed by atoms with van der Waals surface area (Å²) in [5.41, 5.74) is 2.18. The van der Waals surface area contributed by atoms with Gasteiger partial charge in [0.1, 0.15) is 11.6 Å². The molecule has 2 aliphatic heterocycles. The van der Waals surface area contributed by atoms with Crippen LogP contribution in [0.3, 0.4) is 0 Å². The number of halogens is 1. The maximum atomic E-state index is 12.8. The first-order chi connectivity index (χ1) is 11.5. The van der Waals surface area contributed by atoms with E-state index in [1.807, 2.05) is 13.0 Å². The fraction of sp³-hybridized carbons (Fsp3) is 0.611. The highest BCUT2D eigenvalue weighted by Gasteiger charge is 2.37. The van der Waals surface area contributed by atoms with E-state index in [-0.39, 0.29) is 29.4 Å². The van der Waals surface area contributed by atoms with E-state index in [9.17, 15) is 9.59 Å². The molecule has 2 fully saturated rings. The average Bonchev–Trinajstić information content (AvgIpc) is 2.80. The number of nitrogens with zero attached hydrogens (tertiary/aromatic N) is 2. The summed E-state index contributed by atoms with van der Waals surface area (Å²) in [7, 11) is 0. The third-order valence-electron chi connectivity index (χ3n) is 5.45. The minimum Gasteiger partial charge on any atom is -0.335 e. The zero-order valence-electron chi connectivity index (χ0n) is 14.7. The van der Waals surface area contributed by atoms with Crippen LogP contribution in [0.4, 0.5) is 0 Å². The van der Waals surface area contributed by atoms with E-state index in [0.29, 0.717) is 30.5 Å². The summed E-state index contributed by atoms with van der Waals surface area (Å²) in [6.07, 6.45) is 4.19. The molecule has 2 N–H and O–H groups in total. The number of nitrogens with one attached hydrogen (secondary N) is 2. The average molecular weight is 365 g/mol. The van der Waals surface area contributed by atoms with E-state index >= 15 is 0 Å². The van der Waals surface area contributed by atoms with Crippen molar-refractivity contribution >= 4 is 18.3 Å². The SMILES string of the molecule is Cc1[nH]c(=O)c(C#N)c(C)c1CCC(=O)N1C2CCNCC1CC2.Cl. The molecular weight excluding hydrogens is 340 g/mol. The molecule has 3 rings (SSSR count). The molecule has 7 heteroatoms. The van der Waals surface area contributed by atoms with Crippen LogP contribution < -0.4 is 10.9 Å². The van der Waals surface area contributed by atoms with Crippen molar-refractivity contribution in [1.82, 2.24) is 15.2 Å². The van der Waals surface area contributed by atoms with Crippen molar-refractivity contribution in [3.63, 3.8) is 0 Å². The number of aromatic nitrogens is 1. The highest BCUT2D eigenvalue weighted by atomic mass is 35.5. The first-order valence-corrected chi connectivity index (χ1v) is 8.67. The number of fused-ring (bicyclic) bond motifs is 2. The molecule has 136 valence electrons. The molecule has 0 aromatic carbocycles. The monoisotopic (exact) mass is 364 g/mol. The number of H-pyrrole nitrogens is 1. The number of nitriles is 1. The van der Waals surface area contributed by atoms with E-state index in [1.54, 1.807) is 6.92 Å². The second-order valence-electron chi connectivity index (χ2n) is 6.85. The maximum Gasteiger partial charge on any atom is 0.266 e. The van der Waals surface area contributed by atoms with Gasteiger partial charge in [-0.05, 0) is 57.2 Å². The summed E-state index contributed by atoms with van der Waals surface area (Å²) in [6.45, 7) is 5.49. The standard InChI is InChI=1S/C18H24N4O2.ClH/c1-11-15(12(2)21-18(24)16(11)9-19)5-6-17(23)22-13-3-4-14(22)10-20-8-7-13;/h13-14,20H,3-8,10H2,1-2H3,(H,21,24);1H. The molecule has 6 nitrogen and oxygen atoms in total. The van der Waals surface area contributed by atoms with Crippen LogP contribution in [0.2, 0.25) is 0 Å². The Labute approximate surface area is 154 Å². The molecule has 2 bridgehead atoms. The number of carbonyl (C=O) groups excluding carboxylic acids is 1. The molecular formula is C18H25ClN4O2. The van der Waals surface area contributed by atoms with Gasteiger partial charge < -0.3 is 15.2 Å². The summed E-state index contributed by atoms with van der Waals surface area (Å²) in [4.78, 5) is 29.4. The van der Waals surface area contributed by atoms with Crippen molar-refractivity contribution in [2.75, 3.05) is 13.1 Å². The molecule has 1 amide bonds. The van der Waals surface area contributed by atoms with Crippen molar-refractivity contribution in [3.05, 3.63) is 32.7 Å². The summed E-state index contributed by atoms with van der Waals surface area (Å²) >= 11 is 0. The van der Waals surface area contributed by atoms with Crippen molar-refractivity contribution in [1.29, 1.82) is 5.26 Å². The van der Waals surface area contributed by atoms with Crippen molar-refractivity contribution in [2.45, 2.75) is 58.0 Å². The molecule has 2 unspecified atom stereocenters. The molecule has 25 heavy (non-hydrogen) atoms. The Morgan fingerprint density at radius 2 is 2.00 bits per heavy atom. The number of hydrogen-bond donors (Lipinski definition) is 2. The van der Waals surface area contributed by atoms with Gasteiger partial charge in [-0.3, -0.25) is 9.59 Å². The summed E-state index contributed by atoms with van der Waals surface area (Å²) in [5.74, 6) is 0.190. The fourth-order valence-electron chi connectivity index (χ4n) is 4.17. The van der Waals surface area contributed by atoms with Crippen LogP contribution in [0.5, 0.6) is 0 Å². The Balaban J connectivity index is 0.00000225. The van der Waals surface area contributed by atoms with Crippen LogP contribution in [0, 0.1) is 25.2 Å². The minimum atomic E-state index is -0.348. The quantitative estimate of drug-likeness (QED) is 0.852. The highest BCUT2D eigenvalue weighted by Crippen LogP contribution is 2.29. The van der Waals surface area contributed by atoms with Gasteiger partial charge in [0.2, 0.25) is 5.91 Å². The van der Waals surface area contributed by atoms with Crippen LogP contribution in [-0.4, -0.2) is 41.0 Å². The van der Waals surface area contributed by atoms with Crippen LogP contribution in [0.15, 0.2) is 4.79 Å². The Hall–Kier alpha value is -1.84. The zero-order valence-corrected chi connectivity index (χ0v) is 15.5. The third kappa shape index (κ3) is 3.73. The van der Waals surface area contributed by atoms with Crippen molar-refractivity contribution in [2.24, 2.45) is 0 Å². The van der Waals surface area contributed by atoms with Gasteiger partial charge in [-0.25, -0.2) is 0 Å². The summed E-state index contributed by atoms with van der Waals surface area (Å²) in [6, 6.07) is 2.65. The van der Waals surface area contributed by atoms with Gasteiger partial charge in [0.15, 0.2) is 0 Å². The molecule has 0 saturated carbocycles. The van der Waals surface area contributed by atoms with Gasteiger partial charge in [-0.1, -0.05) is 0 Å². The van der Waals surface area contributed by atoms with Crippen LogP contribution in [0.25, 0.3) is 0 Å². The molecule has 0 spiro atoms. The third-order valence-corrected chi connectivity index (χ3v) is 5.45. The number of pyridine rings is 1. The van der Waals surface area contributed by atoms with Crippen molar-refractivity contribution < 1.29 is 4.79 Å². The Kier molecular flexibility index (Phi) is 6.26. The molecule has 1 aromatic heterocycles. The second-order valence-corrected chi connectivity index (χ2v) is 6.85. The normalized spacial score (nSPS) is 22.0. The Morgan fingerprint density at radius 3 is 2.72 bits per heavy atom. The fourth-order valence-corrected chi connectivity index (χ4v) is 4.17. The number of aromatic amines is 1. The molecule has 0 radical (unpaired) electrons. The zero-order chi connectivity index (χ0) is 17.3. The van der Waals surface area contributed by atoms with Crippen LogP contribution >= 0.6 is 12.4 Å². The minimum absolute atomic E-state index is 0. The predicted molar refractivity (Wildman–Crippen MR) is 98.0 cm³/mol. The topological polar surface area (TPSA) is 89.0 Å². The highest BCUT2D eigenvalue weighted by molar-refractivity contribution is 5.85. The number of carbonyl (C=O) groups is 1. The first-order valence-electron chi connectivity index (χ1n) is 8.67. The smallest absolute Gasteiger partial charge is 0.266 e. The Morgan fingerprint density at radius 1 is 1.28 bits per heavy atom.